The summed E-state index contributed by atoms with van der Waals surface area (Å²) in [6, 6.07) is 11.4. The van der Waals surface area contributed by atoms with Gasteiger partial charge in [-0.2, -0.15) is 0 Å². The number of carbonyl (C=O) groups excluding carboxylic acids is 1. The number of pyridine rings is 1. The highest BCUT2D eigenvalue weighted by molar-refractivity contribution is 8.00. The van der Waals surface area contributed by atoms with Crippen molar-refractivity contribution in [3.05, 3.63) is 77.2 Å². The zero-order chi connectivity index (χ0) is 26.0. The Kier molecular flexibility index (Phi) is 7.37. The van der Waals surface area contributed by atoms with Gasteiger partial charge in [0.05, 0.1) is 26.2 Å². The first kappa shape index (κ1) is 25.7. The van der Waals surface area contributed by atoms with Gasteiger partial charge in [0.2, 0.25) is 5.91 Å². The topological polar surface area (TPSA) is 66.9 Å². The van der Waals surface area contributed by atoms with E-state index in [2.05, 4.69) is 15.0 Å². The van der Waals surface area contributed by atoms with Gasteiger partial charge >= 0.3 is 0 Å². The molecule has 0 aliphatic heterocycles. The molecule has 0 saturated carbocycles. The zero-order valence-electron chi connectivity index (χ0n) is 19.9. The average Bonchev–Trinajstić information content (AvgIpc) is 3.26. The number of rotatable bonds is 6. The van der Waals surface area contributed by atoms with Crippen molar-refractivity contribution in [1.29, 1.82) is 0 Å². The fraction of sp³-hybridized carbons (Fsp3) is 0.192. The summed E-state index contributed by atoms with van der Waals surface area (Å²) in [5.74, 6) is -1.66. The molecule has 2 heterocycles. The van der Waals surface area contributed by atoms with Crippen molar-refractivity contribution < 1.29 is 18.0 Å². The molecule has 0 atom stereocenters. The third kappa shape index (κ3) is 5.71. The molecule has 5 nitrogen and oxygen atoms in total. The standard InChI is InChI=1S/C26H23F3N4OS2/c1-14(34)31-21-12-15(10-11-30-21)24-23(32-25(35-24)26(2,3)4)17-6-5-7-19(22(17)29)33-36-20-13-16(27)8-9-18(20)28/h5-13,33H,1-4H3,(H,30,31,34). The normalized spacial score (nSPS) is 11.4. The van der Waals surface area contributed by atoms with Crippen LogP contribution in [0.25, 0.3) is 21.7 Å². The van der Waals surface area contributed by atoms with Crippen LogP contribution in [0.2, 0.25) is 0 Å². The van der Waals surface area contributed by atoms with E-state index in [1.807, 2.05) is 20.8 Å². The highest BCUT2D eigenvalue weighted by Gasteiger charge is 2.25. The van der Waals surface area contributed by atoms with Crippen molar-refractivity contribution >= 4 is 40.7 Å². The molecular formula is C26H23F3N4OS2. The van der Waals surface area contributed by atoms with Crippen LogP contribution in [0.4, 0.5) is 24.7 Å². The molecule has 0 unspecified atom stereocenters. The molecule has 2 aromatic heterocycles. The minimum absolute atomic E-state index is 0.00598. The van der Waals surface area contributed by atoms with Gasteiger partial charge in [-0.15, -0.1) is 11.3 Å². The van der Waals surface area contributed by atoms with Crippen molar-refractivity contribution in [2.75, 3.05) is 10.0 Å². The number of hydrogen-bond donors (Lipinski definition) is 2. The second kappa shape index (κ2) is 10.3. The Morgan fingerprint density at radius 1 is 1.06 bits per heavy atom. The summed E-state index contributed by atoms with van der Waals surface area (Å²) in [7, 11) is 0. The first-order valence-electron chi connectivity index (χ1n) is 10.9. The predicted octanol–water partition coefficient (Wildman–Crippen LogP) is 7.66. The van der Waals surface area contributed by atoms with Crippen LogP contribution in [-0.2, 0) is 10.2 Å². The van der Waals surface area contributed by atoms with Crippen LogP contribution < -0.4 is 10.0 Å². The molecule has 0 radical (unpaired) electrons. The van der Waals surface area contributed by atoms with Crippen LogP contribution in [0, 0.1) is 17.5 Å². The fourth-order valence-corrected chi connectivity index (χ4v) is 5.15. The summed E-state index contributed by atoms with van der Waals surface area (Å²) in [4.78, 5) is 21.2. The van der Waals surface area contributed by atoms with Gasteiger partial charge in [-0.25, -0.2) is 23.1 Å². The van der Waals surface area contributed by atoms with Crippen LogP contribution >= 0.6 is 23.3 Å². The number of aromatic nitrogens is 2. The third-order valence-corrected chi connectivity index (χ3v) is 7.40. The number of hydrogen-bond acceptors (Lipinski definition) is 6. The van der Waals surface area contributed by atoms with Crippen LogP contribution in [-0.4, -0.2) is 15.9 Å². The predicted molar refractivity (Wildman–Crippen MR) is 140 cm³/mol. The summed E-state index contributed by atoms with van der Waals surface area (Å²) in [6.45, 7) is 7.46. The van der Waals surface area contributed by atoms with Crippen LogP contribution in [0.3, 0.4) is 0 Å². The summed E-state index contributed by atoms with van der Waals surface area (Å²) in [6.07, 6.45) is 1.57. The first-order chi connectivity index (χ1) is 17.0. The number of nitrogens with one attached hydrogen (secondary N) is 2. The number of amides is 1. The number of nitrogens with zero attached hydrogens (tertiary/aromatic N) is 2. The zero-order valence-corrected chi connectivity index (χ0v) is 21.6. The Morgan fingerprint density at radius 3 is 2.56 bits per heavy atom. The van der Waals surface area contributed by atoms with Gasteiger partial charge in [0.25, 0.3) is 0 Å². The average molecular weight is 529 g/mol. The van der Waals surface area contributed by atoms with E-state index in [0.717, 1.165) is 40.7 Å². The van der Waals surface area contributed by atoms with Gasteiger partial charge in [0.1, 0.15) is 17.5 Å². The molecule has 2 aromatic carbocycles. The molecular weight excluding hydrogens is 505 g/mol. The monoisotopic (exact) mass is 528 g/mol. The van der Waals surface area contributed by atoms with Crippen LogP contribution in [0.15, 0.2) is 59.6 Å². The smallest absolute Gasteiger partial charge is 0.222 e. The molecule has 0 bridgehead atoms. The van der Waals surface area contributed by atoms with Crippen molar-refractivity contribution in [3.8, 4) is 21.7 Å². The third-order valence-electron chi connectivity index (χ3n) is 5.01. The Morgan fingerprint density at radius 2 is 1.83 bits per heavy atom. The van der Waals surface area contributed by atoms with E-state index in [4.69, 9.17) is 4.98 Å². The maximum Gasteiger partial charge on any atom is 0.222 e. The molecule has 4 aromatic rings. The van der Waals surface area contributed by atoms with E-state index in [-0.39, 0.29) is 27.5 Å². The lowest BCUT2D eigenvalue weighted by atomic mass is 9.98. The Hall–Kier alpha value is -3.37. The van der Waals surface area contributed by atoms with E-state index in [0.29, 0.717) is 16.4 Å². The number of benzene rings is 2. The first-order valence-corrected chi connectivity index (χ1v) is 12.6. The van der Waals surface area contributed by atoms with Gasteiger partial charge in [0.15, 0.2) is 5.82 Å². The van der Waals surface area contributed by atoms with Gasteiger partial charge in [-0.3, -0.25) is 4.79 Å². The molecule has 36 heavy (non-hydrogen) atoms. The molecule has 1 amide bonds. The minimum atomic E-state index is -0.616. The van der Waals surface area contributed by atoms with Gasteiger partial charge in [-0.05, 0) is 60.0 Å². The Labute approximate surface area is 215 Å². The van der Waals surface area contributed by atoms with E-state index in [1.165, 1.54) is 24.3 Å². The summed E-state index contributed by atoms with van der Waals surface area (Å²) >= 11 is 2.21. The van der Waals surface area contributed by atoms with E-state index in [9.17, 15) is 13.6 Å². The van der Waals surface area contributed by atoms with Gasteiger partial charge in [-0.1, -0.05) is 26.8 Å². The molecule has 0 fully saturated rings. The van der Waals surface area contributed by atoms with Crippen molar-refractivity contribution in [2.24, 2.45) is 0 Å². The highest BCUT2D eigenvalue weighted by atomic mass is 32.2. The largest absolute Gasteiger partial charge is 0.323 e. The van der Waals surface area contributed by atoms with E-state index in [1.54, 1.807) is 30.5 Å². The lowest BCUT2D eigenvalue weighted by Crippen LogP contribution is -2.10. The summed E-state index contributed by atoms with van der Waals surface area (Å²) < 4.78 is 46.1. The second-order valence-electron chi connectivity index (χ2n) is 9.00. The molecule has 4 rings (SSSR count). The minimum Gasteiger partial charge on any atom is -0.323 e. The SMILES string of the molecule is CC(=O)Nc1cc(-c2sc(C(C)(C)C)nc2-c2cccc(NSc3cc(F)ccc3F)c2F)ccn1. The quantitative estimate of drug-likeness (QED) is 0.252. The maximum atomic E-state index is 15.7. The second-order valence-corrected chi connectivity index (χ2v) is 10.9. The van der Waals surface area contributed by atoms with E-state index >= 15 is 4.39 Å². The number of halogens is 3. The fourth-order valence-electron chi connectivity index (χ4n) is 3.30. The maximum absolute atomic E-state index is 15.7. The van der Waals surface area contributed by atoms with Crippen LogP contribution in [0.1, 0.15) is 32.7 Å². The van der Waals surface area contributed by atoms with Gasteiger partial charge in [0, 0.05) is 24.1 Å². The molecule has 10 heteroatoms. The Balaban J connectivity index is 1.76. The molecule has 0 aliphatic rings. The molecule has 2 N–H and O–H groups in total. The Bertz CT molecular complexity index is 1430. The van der Waals surface area contributed by atoms with Crippen LogP contribution in [0.5, 0.6) is 0 Å². The van der Waals surface area contributed by atoms with Crippen molar-refractivity contribution in [3.63, 3.8) is 0 Å². The summed E-state index contributed by atoms with van der Waals surface area (Å²) in [5.41, 5.74) is 1.23. The van der Waals surface area contributed by atoms with Crippen molar-refractivity contribution in [2.45, 2.75) is 38.0 Å². The number of thiazole rings is 1. The number of carbonyl (C=O) groups is 1. The van der Waals surface area contributed by atoms with Gasteiger partial charge < -0.3 is 10.0 Å². The highest BCUT2D eigenvalue weighted by Crippen LogP contribution is 2.43. The molecule has 0 saturated heterocycles. The molecule has 0 aliphatic carbocycles. The van der Waals surface area contributed by atoms with Crippen molar-refractivity contribution in [1.82, 2.24) is 9.97 Å². The number of anilines is 2. The lowest BCUT2D eigenvalue weighted by molar-refractivity contribution is -0.114. The lowest BCUT2D eigenvalue weighted by Gasteiger charge is -2.13. The molecule has 186 valence electrons. The molecule has 0 spiro atoms. The summed E-state index contributed by atoms with van der Waals surface area (Å²) in [5, 5.41) is 3.47. The van der Waals surface area contributed by atoms with E-state index < -0.39 is 17.5 Å².